The number of carbonyl (C=O) groups excluding carboxylic acids is 2. The lowest BCUT2D eigenvalue weighted by Gasteiger charge is -2.38. The maximum absolute atomic E-state index is 12.5. The molecule has 222 valence electrons. The molecule has 0 radical (unpaired) electrons. The lowest BCUT2D eigenvalue weighted by Crippen LogP contribution is -2.55. The quantitative estimate of drug-likeness (QED) is 0.328. The van der Waals surface area contributed by atoms with E-state index in [0.717, 1.165) is 45.1 Å². The predicted molar refractivity (Wildman–Crippen MR) is 164 cm³/mol. The predicted octanol–water partition coefficient (Wildman–Crippen LogP) is 4.25. The van der Waals surface area contributed by atoms with Crippen LogP contribution in [0, 0.1) is 5.92 Å². The highest BCUT2D eigenvalue weighted by molar-refractivity contribution is 7.99. The molecule has 3 rings (SSSR count). The van der Waals surface area contributed by atoms with Crippen LogP contribution in [0.25, 0.3) is 0 Å². The summed E-state index contributed by atoms with van der Waals surface area (Å²) in [6.07, 6.45) is 11.5. The van der Waals surface area contributed by atoms with Gasteiger partial charge in [-0.2, -0.15) is 0 Å². The number of ether oxygens (including phenoxy) is 1. The summed E-state index contributed by atoms with van der Waals surface area (Å²) in [7, 11) is 3.91. The van der Waals surface area contributed by atoms with Gasteiger partial charge in [-0.25, -0.2) is 0 Å². The van der Waals surface area contributed by atoms with E-state index in [1.165, 1.54) is 22.3 Å². The van der Waals surface area contributed by atoms with E-state index in [2.05, 4.69) is 60.2 Å². The van der Waals surface area contributed by atoms with Gasteiger partial charge in [0, 0.05) is 25.4 Å². The monoisotopic (exact) mass is 571 g/mol. The number of rotatable bonds is 13. The molecule has 1 fully saturated rings. The Labute approximate surface area is 245 Å². The summed E-state index contributed by atoms with van der Waals surface area (Å²) in [4.78, 5) is 26.9. The van der Waals surface area contributed by atoms with Gasteiger partial charge in [0.05, 0.1) is 12.2 Å². The van der Waals surface area contributed by atoms with Gasteiger partial charge in [-0.05, 0) is 96.3 Å². The van der Waals surface area contributed by atoms with Gasteiger partial charge in [-0.3, -0.25) is 9.59 Å². The van der Waals surface area contributed by atoms with Crippen molar-refractivity contribution in [3.8, 4) is 0 Å². The third kappa shape index (κ3) is 9.75. The standard InChI is InChI=1S/C32H49N3O4S/c1-22-10-15-25(30-27(36)16-17-29(39-30)40-6)21-26(22)20-24-13-11-23(12-14-24)8-7-9-28(37)34-32(2,3)31(38)33-18-19-35(4)5/h10-14,21,25,27,29-30,36H,7-9,15-20H2,1-6H3,(H,33,38)(H,34,37)/t25?,27-,29-,30+/m1/s1. The molecule has 3 N–H and O–H groups in total. The molecule has 40 heavy (non-hydrogen) atoms. The molecular weight excluding hydrogens is 522 g/mol. The van der Waals surface area contributed by atoms with Crippen LogP contribution in [-0.2, 0) is 27.2 Å². The molecule has 2 aliphatic rings. The molecule has 1 aromatic carbocycles. The number of nitrogens with one attached hydrogen (secondary N) is 2. The van der Waals surface area contributed by atoms with Crippen molar-refractivity contribution in [3.63, 3.8) is 0 Å². The largest absolute Gasteiger partial charge is 0.390 e. The van der Waals surface area contributed by atoms with E-state index in [0.29, 0.717) is 13.0 Å². The Kier molecular flexibility index (Phi) is 12.3. The van der Waals surface area contributed by atoms with E-state index >= 15 is 0 Å². The Morgan fingerprint density at radius 2 is 1.85 bits per heavy atom. The van der Waals surface area contributed by atoms with E-state index < -0.39 is 11.6 Å². The van der Waals surface area contributed by atoms with Gasteiger partial charge in [0.25, 0.3) is 0 Å². The lowest BCUT2D eigenvalue weighted by atomic mass is 9.82. The van der Waals surface area contributed by atoms with Crippen molar-refractivity contribution in [2.45, 2.75) is 88.9 Å². The van der Waals surface area contributed by atoms with Crippen molar-refractivity contribution in [1.29, 1.82) is 0 Å². The summed E-state index contributed by atoms with van der Waals surface area (Å²) < 4.78 is 6.24. The number of carbonyl (C=O) groups is 2. The molecule has 1 aliphatic carbocycles. The number of aryl methyl sites for hydroxylation is 1. The van der Waals surface area contributed by atoms with E-state index in [1.807, 2.05) is 19.0 Å². The summed E-state index contributed by atoms with van der Waals surface area (Å²) in [6.45, 7) is 6.94. The number of hydrogen-bond acceptors (Lipinski definition) is 6. The van der Waals surface area contributed by atoms with Gasteiger partial charge in [-0.1, -0.05) is 42.0 Å². The molecule has 1 heterocycles. The van der Waals surface area contributed by atoms with Gasteiger partial charge in [0.2, 0.25) is 11.8 Å². The average molecular weight is 572 g/mol. The summed E-state index contributed by atoms with van der Waals surface area (Å²) in [5.74, 6) is -0.0844. The Balaban J connectivity index is 1.47. The third-order valence-electron chi connectivity index (χ3n) is 7.84. The number of benzene rings is 1. The average Bonchev–Trinajstić information content (AvgIpc) is 2.90. The number of thioether (sulfide) groups is 1. The number of nitrogens with zero attached hydrogens (tertiary/aromatic N) is 1. The third-order valence-corrected chi connectivity index (χ3v) is 8.71. The van der Waals surface area contributed by atoms with E-state index in [9.17, 15) is 14.7 Å². The van der Waals surface area contributed by atoms with E-state index in [4.69, 9.17) is 4.74 Å². The van der Waals surface area contributed by atoms with Crippen LogP contribution in [0.5, 0.6) is 0 Å². The first-order valence-electron chi connectivity index (χ1n) is 14.5. The molecule has 1 unspecified atom stereocenters. The number of likely N-dealkylation sites (N-methyl/N-ethyl adjacent to an activating group) is 1. The number of hydrogen-bond donors (Lipinski definition) is 3. The molecule has 7 nitrogen and oxygen atoms in total. The second-order valence-corrected chi connectivity index (χ2v) is 13.0. The molecule has 0 spiro atoms. The van der Waals surface area contributed by atoms with Crippen LogP contribution >= 0.6 is 11.8 Å². The Hall–Kier alpha value is -2.13. The minimum atomic E-state index is -0.942. The summed E-state index contributed by atoms with van der Waals surface area (Å²) in [5.41, 5.74) is 4.27. The summed E-state index contributed by atoms with van der Waals surface area (Å²) in [6, 6.07) is 8.63. The first kappa shape index (κ1) is 32.4. The number of aliphatic hydroxyl groups excluding tert-OH is 1. The van der Waals surface area contributed by atoms with E-state index in [1.54, 1.807) is 25.6 Å². The van der Waals surface area contributed by atoms with Gasteiger partial charge < -0.3 is 25.4 Å². The van der Waals surface area contributed by atoms with Crippen LogP contribution in [0.1, 0.15) is 64.0 Å². The van der Waals surface area contributed by atoms with Crippen molar-refractivity contribution >= 4 is 23.6 Å². The molecule has 1 saturated heterocycles. The van der Waals surface area contributed by atoms with Crippen LogP contribution in [0.3, 0.4) is 0 Å². The van der Waals surface area contributed by atoms with Crippen molar-refractivity contribution < 1.29 is 19.4 Å². The van der Waals surface area contributed by atoms with Gasteiger partial charge in [0.1, 0.15) is 11.0 Å². The van der Waals surface area contributed by atoms with Gasteiger partial charge >= 0.3 is 0 Å². The highest BCUT2D eigenvalue weighted by atomic mass is 32.2. The smallest absolute Gasteiger partial charge is 0.245 e. The van der Waals surface area contributed by atoms with Crippen molar-refractivity contribution in [2.24, 2.45) is 5.92 Å². The fourth-order valence-corrected chi connectivity index (χ4v) is 5.88. The van der Waals surface area contributed by atoms with Crippen LogP contribution in [0.2, 0.25) is 0 Å². The molecule has 1 aliphatic heterocycles. The Morgan fingerprint density at radius 3 is 2.52 bits per heavy atom. The maximum atomic E-state index is 12.5. The zero-order valence-electron chi connectivity index (χ0n) is 25.2. The van der Waals surface area contributed by atoms with Crippen molar-refractivity contribution in [1.82, 2.24) is 15.5 Å². The molecule has 0 saturated carbocycles. The number of amides is 2. The fourth-order valence-electron chi connectivity index (χ4n) is 5.27. The van der Waals surface area contributed by atoms with Crippen molar-refractivity contribution in [3.05, 3.63) is 58.7 Å². The Bertz CT molecular complexity index is 1050. The van der Waals surface area contributed by atoms with Crippen LogP contribution < -0.4 is 10.6 Å². The number of aliphatic hydroxyl groups is 1. The Morgan fingerprint density at radius 1 is 1.15 bits per heavy atom. The first-order chi connectivity index (χ1) is 19.0. The molecule has 8 heteroatoms. The first-order valence-corrected chi connectivity index (χ1v) is 15.8. The topological polar surface area (TPSA) is 90.9 Å². The van der Waals surface area contributed by atoms with Crippen LogP contribution in [0.15, 0.2) is 47.6 Å². The van der Waals surface area contributed by atoms with Gasteiger partial charge in [-0.15, -0.1) is 11.8 Å². The van der Waals surface area contributed by atoms with Gasteiger partial charge in [0.15, 0.2) is 0 Å². The second-order valence-electron chi connectivity index (χ2n) is 12.0. The summed E-state index contributed by atoms with van der Waals surface area (Å²) >= 11 is 1.73. The molecule has 4 atom stereocenters. The zero-order valence-corrected chi connectivity index (χ0v) is 26.0. The highest BCUT2D eigenvalue weighted by Crippen LogP contribution is 2.35. The highest BCUT2D eigenvalue weighted by Gasteiger charge is 2.35. The SMILES string of the molecule is CS[C@@H]1CC[C@@H](O)[C@H](C2C=C(Cc3ccc(CCCC(=O)NC(C)(C)C(=O)NCCN(C)C)cc3)C(C)=CC2)O1. The van der Waals surface area contributed by atoms with Crippen LogP contribution in [0.4, 0.5) is 0 Å². The zero-order chi connectivity index (χ0) is 29.3. The lowest BCUT2D eigenvalue weighted by molar-refractivity contribution is -0.132. The molecule has 1 aromatic rings. The van der Waals surface area contributed by atoms with Crippen molar-refractivity contribution in [2.75, 3.05) is 33.4 Å². The fraction of sp³-hybridized carbons (Fsp3) is 0.625. The molecule has 0 aromatic heterocycles. The van der Waals surface area contributed by atoms with Crippen LogP contribution in [-0.4, -0.2) is 78.4 Å². The normalized spacial score (nSPS) is 23.4. The molecule has 2 amide bonds. The second kappa shape index (κ2) is 15.2. The minimum absolute atomic E-state index is 0.110. The van der Waals surface area contributed by atoms with E-state index in [-0.39, 0.29) is 29.3 Å². The molecule has 0 bridgehead atoms. The minimum Gasteiger partial charge on any atom is -0.390 e. The maximum Gasteiger partial charge on any atom is 0.245 e. The number of allylic oxidation sites excluding steroid dienone is 3. The molecular formula is C32H49N3O4S. The summed E-state index contributed by atoms with van der Waals surface area (Å²) in [5, 5.41) is 16.4.